The first kappa shape index (κ1) is 11.8. The molecule has 4 nitrogen and oxygen atoms in total. The van der Waals surface area contributed by atoms with Crippen LogP contribution in [0.4, 0.5) is 4.79 Å². The molecule has 1 atom stereocenters. The van der Waals surface area contributed by atoms with Gasteiger partial charge in [0.15, 0.2) is 0 Å². The molecule has 0 aromatic heterocycles. The Labute approximate surface area is 96.6 Å². The number of carbonyl (C=O) groups is 2. The van der Waals surface area contributed by atoms with E-state index in [2.05, 4.69) is 16.1 Å². The van der Waals surface area contributed by atoms with E-state index in [0.717, 1.165) is 21.2 Å². The Hall–Kier alpha value is -0.290. The molecule has 0 spiro atoms. The number of nitrogens with zero attached hydrogens (tertiary/aromatic N) is 2. The average molecular weight is 284 g/mol. The molecule has 1 heterocycles. The van der Waals surface area contributed by atoms with Crippen molar-refractivity contribution < 1.29 is 9.59 Å². The maximum absolute atomic E-state index is 11.7. The normalized spacial score (nSPS) is 27.7. The van der Waals surface area contributed by atoms with E-state index in [4.69, 9.17) is 11.8 Å². The van der Waals surface area contributed by atoms with Gasteiger partial charge in [-0.15, -0.1) is 0 Å². The standard InChI is InChI=1S/C8H12BrClN2O2/c1-3-4-5-8(2)6(13)11(9)7(14)12(8)10/h3-5H2,1-2H3. The van der Waals surface area contributed by atoms with Crippen molar-refractivity contribution in [2.45, 2.75) is 38.6 Å². The summed E-state index contributed by atoms with van der Waals surface area (Å²) in [5.41, 5.74) is -0.905. The van der Waals surface area contributed by atoms with Crippen molar-refractivity contribution in [3.05, 3.63) is 0 Å². The number of unbranched alkanes of at least 4 members (excludes halogenated alkanes) is 1. The summed E-state index contributed by atoms with van der Waals surface area (Å²) < 4.78 is 1.86. The number of hydrogen-bond donors (Lipinski definition) is 0. The Morgan fingerprint density at radius 1 is 1.50 bits per heavy atom. The molecule has 3 amide bonds. The molecule has 0 aliphatic carbocycles. The molecule has 0 aromatic carbocycles. The lowest BCUT2D eigenvalue weighted by molar-refractivity contribution is -0.128. The van der Waals surface area contributed by atoms with Gasteiger partial charge in [-0.3, -0.25) is 4.79 Å². The van der Waals surface area contributed by atoms with Gasteiger partial charge in [0.05, 0.1) is 16.1 Å². The Morgan fingerprint density at radius 3 is 2.43 bits per heavy atom. The average Bonchev–Trinajstić information content (AvgIpc) is 2.32. The molecule has 0 radical (unpaired) electrons. The van der Waals surface area contributed by atoms with E-state index < -0.39 is 11.6 Å². The number of rotatable bonds is 3. The summed E-state index contributed by atoms with van der Waals surface area (Å²) in [6.45, 7) is 3.70. The van der Waals surface area contributed by atoms with Crippen LogP contribution in [0.3, 0.4) is 0 Å². The van der Waals surface area contributed by atoms with Gasteiger partial charge in [-0.25, -0.2) is 9.21 Å². The molecule has 1 rings (SSSR count). The number of imide groups is 1. The number of urea groups is 1. The Kier molecular flexibility index (Phi) is 3.42. The van der Waals surface area contributed by atoms with E-state index >= 15 is 0 Å². The minimum Gasteiger partial charge on any atom is -0.271 e. The van der Waals surface area contributed by atoms with Crippen molar-refractivity contribution in [3.63, 3.8) is 0 Å². The molecule has 0 bridgehead atoms. The van der Waals surface area contributed by atoms with E-state index in [1.807, 2.05) is 6.92 Å². The summed E-state index contributed by atoms with van der Waals surface area (Å²) in [5.74, 6) is -0.300. The quantitative estimate of drug-likeness (QED) is 0.590. The molecular weight excluding hydrogens is 271 g/mol. The molecular formula is C8H12BrClN2O2. The lowest BCUT2D eigenvalue weighted by Gasteiger charge is -2.25. The molecule has 1 aliphatic heterocycles. The van der Waals surface area contributed by atoms with Crippen LogP contribution in [0.1, 0.15) is 33.1 Å². The van der Waals surface area contributed by atoms with Crippen LogP contribution in [0.15, 0.2) is 0 Å². The van der Waals surface area contributed by atoms with E-state index in [1.54, 1.807) is 6.92 Å². The molecule has 0 saturated carbocycles. The minimum atomic E-state index is -0.905. The third-order valence-electron chi connectivity index (χ3n) is 2.43. The first-order chi connectivity index (χ1) is 6.45. The van der Waals surface area contributed by atoms with Gasteiger partial charge in [0.25, 0.3) is 5.91 Å². The minimum absolute atomic E-state index is 0.300. The van der Waals surface area contributed by atoms with Crippen molar-refractivity contribution in [3.8, 4) is 0 Å². The zero-order chi connectivity index (χ0) is 10.9. The van der Waals surface area contributed by atoms with Gasteiger partial charge < -0.3 is 0 Å². The monoisotopic (exact) mass is 282 g/mol. The second-order valence-corrected chi connectivity index (χ2v) is 4.57. The van der Waals surface area contributed by atoms with Crippen molar-refractivity contribution in [2.75, 3.05) is 0 Å². The van der Waals surface area contributed by atoms with Crippen LogP contribution in [0.25, 0.3) is 0 Å². The Bertz CT molecular complexity index is 274. The van der Waals surface area contributed by atoms with Crippen LogP contribution in [-0.4, -0.2) is 25.8 Å². The van der Waals surface area contributed by atoms with E-state index in [9.17, 15) is 9.59 Å². The van der Waals surface area contributed by atoms with Crippen LogP contribution in [0.5, 0.6) is 0 Å². The molecule has 6 heteroatoms. The van der Waals surface area contributed by atoms with Gasteiger partial charge in [-0.1, -0.05) is 19.8 Å². The molecule has 0 N–H and O–H groups in total. The first-order valence-corrected chi connectivity index (χ1v) is 5.50. The van der Waals surface area contributed by atoms with E-state index in [1.165, 1.54) is 0 Å². The lowest BCUT2D eigenvalue weighted by atomic mass is 9.95. The van der Waals surface area contributed by atoms with Crippen molar-refractivity contribution >= 4 is 39.9 Å². The van der Waals surface area contributed by atoms with Crippen LogP contribution in [0, 0.1) is 0 Å². The summed E-state index contributed by atoms with van der Waals surface area (Å²) in [4.78, 5) is 23.0. The molecule has 1 fully saturated rings. The highest BCUT2D eigenvalue weighted by Gasteiger charge is 2.53. The lowest BCUT2D eigenvalue weighted by Crippen LogP contribution is -2.41. The molecule has 1 unspecified atom stereocenters. The van der Waals surface area contributed by atoms with Crippen molar-refractivity contribution in [2.24, 2.45) is 0 Å². The second-order valence-electron chi connectivity index (χ2n) is 3.53. The van der Waals surface area contributed by atoms with Crippen LogP contribution < -0.4 is 0 Å². The smallest absolute Gasteiger partial charge is 0.271 e. The molecule has 80 valence electrons. The van der Waals surface area contributed by atoms with Crippen molar-refractivity contribution in [1.82, 2.24) is 8.34 Å². The van der Waals surface area contributed by atoms with Gasteiger partial charge in [0, 0.05) is 11.8 Å². The number of carbonyl (C=O) groups excluding carboxylic acids is 2. The third kappa shape index (κ3) is 1.63. The van der Waals surface area contributed by atoms with Gasteiger partial charge in [-0.05, 0) is 13.3 Å². The van der Waals surface area contributed by atoms with Gasteiger partial charge in [0.2, 0.25) is 0 Å². The number of hydrogen-bond acceptors (Lipinski definition) is 2. The van der Waals surface area contributed by atoms with Crippen molar-refractivity contribution in [1.29, 1.82) is 0 Å². The molecule has 0 aromatic rings. The van der Waals surface area contributed by atoms with Crippen LogP contribution in [-0.2, 0) is 4.79 Å². The topological polar surface area (TPSA) is 40.6 Å². The molecule has 1 saturated heterocycles. The summed E-state index contributed by atoms with van der Waals surface area (Å²) >= 11 is 8.67. The number of halogens is 2. The zero-order valence-electron chi connectivity index (χ0n) is 8.09. The maximum Gasteiger partial charge on any atom is 0.352 e. The molecule has 1 aliphatic rings. The maximum atomic E-state index is 11.7. The largest absolute Gasteiger partial charge is 0.352 e. The van der Waals surface area contributed by atoms with Gasteiger partial charge in [-0.2, -0.15) is 3.93 Å². The highest BCUT2D eigenvalue weighted by Crippen LogP contribution is 2.35. The highest BCUT2D eigenvalue weighted by atomic mass is 79.9. The first-order valence-electron chi connectivity index (χ1n) is 4.45. The summed E-state index contributed by atoms with van der Waals surface area (Å²) in [7, 11) is 0. The third-order valence-corrected chi connectivity index (χ3v) is 3.57. The predicted molar refractivity (Wildman–Crippen MR) is 56.8 cm³/mol. The predicted octanol–water partition coefficient (Wildman–Crippen LogP) is 2.66. The number of amides is 3. The fourth-order valence-corrected chi connectivity index (χ4v) is 2.26. The fraction of sp³-hybridized carbons (Fsp3) is 0.750. The van der Waals surface area contributed by atoms with Gasteiger partial charge >= 0.3 is 6.03 Å². The fourth-order valence-electron chi connectivity index (χ4n) is 1.40. The second kappa shape index (κ2) is 4.06. The summed E-state index contributed by atoms with van der Waals surface area (Å²) in [6.07, 6.45) is 2.41. The van der Waals surface area contributed by atoms with E-state index in [-0.39, 0.29) is 5.91 Å². The highest BCUT2D eigenvalue weighted by molar-refractivity contribution is 9.08. The van der Waals surface area contributed by atoms with Crippen LogP contribution >= 0.6 is 27.9 Å². The SMILES string of the molecule is CCCCC1(C)C(=O)N(Br)C(=O)N1Cl. The Morgan fingerprint density at radius 2 is 2.07 bits per heavy atom. The Balaban J connectivity index is 2.87. The zero-order valence-corrected chi connectivity index (χ0v) is 10.4. The van der Waals surface area contributed by atoms with Crippen LogP contribution in [0.2, 0.25) is 0 Å². The van der Waals surface area contributed by atoms with Gasteiger partial charge in [0.1, 0.15) is 5.54 Å². The summed E-state index contributed by atoms with van der Waals surface area (Å²) in [6, 6.07) is -0.518. The van der Waals surface area contributed by atoms with E-state index in [0.29, 0.717) is 6.42 Å². The molecule has 14 heavy (non-hydrogen) atoms. The summed E-state index contributed by atoms with van der Waals surface area (Å²) in [5, 5.41) is 0.